The van der Waals surface area contributed by atoms with Crippen LogP contribution in [0.3, 0.4) is 0 Å². The van der Waals surface area contributed by atoms with Crippen molar-refractivity contribution in [1.82, 2.24) is 9.80 Å². The molecule has 4 heteroatoms. The quantitative estimate of drug-likeness (QED) is 0.794. The van der Waals surface area contributed by atoms with Gasteiger partial charge >= 0.3 is 0 Å². The van der Waals surface area contributed by atoms with Crippen LogP contribution in [-0.4, -0.2) is 55.5 Å². The normalized spacial score (nSPS) is 23.8. The molecule has 1 amide bonds. The van der Waals surface area contributed by atoms with Crippen LogP contribution >= 0.6 is 0 Å². The molecule has 1 saturated heterocycles. The Morgan fingerprint density at radius 1 is 1.53 bits per heavy atom. The number of nitrogens with two attached hydrogens (primary N) is 1. The van der Waals surface area contributed by atoms with Crippen LogP contribution in [0.15, 0.2) is 0 Å². The summed E-state index contributed by atoms with van der Waals surface area (Å²) in [7, 11) is 4.00. The molecule has 1 rings (SSSR count). The van der Waals surface area contributed by atoms with Crippen LogP contribution in [0, 0.1) is 11.3 Å². The van der Waals surface area contributed by atoms with Crippen LogP contribution in [0.5, 0.6) is 0 Å². The topological polar surface area (TPSA) is 49.6 Å². The van der Waals surface area contributed by atoms with E-state index in [2.05, 4.69) is 11.9 Å². The molecule has 0 aromatic carbocycles. The van der Waals surface area contributed by atoms with E-state index >= 15 is 0 Å². The minimum Gasteiger partial charge on any atom is -0.344 e. The van der Waals surface area contributed by atoms with Crippen molar-refractivity contribution in [2.45, 2.75) is 33.2 Å². The fourth-order valence-electron chi connectivity index (χ4n) is 2.26. The standard InChI is InChI=1S/C13H27N3O/c1-13(2,3)11(14)12(17)16(5)9-10-6-7-15(4)8-10/h10-11H,6-9,14H2,1-5H3. The van der Waals surface area contributed by atoms with Crippen molar-refractivity contribution >= 4 is 5.91 Å². The number of rotatable bonds is 3. The fraction of sp³-hybridized carbons (Fsp3) is 0.923. The third kappa shape index (κ3) is 3.96. The van der Waals surface area contributed by atoms with Crippen LogP contribution in [0.2, 0.25) is 0 Å². The Kier molecular flexibility index (Phi) is 4.55. The number of hydrogen-bond donors (Lipinski definition) is 1. The largest absolute Gasteiger partial charge is 0.344 e. The van der Waals surface area contributed by atoms with Gasteiger partial charge in [0.1, 0.15) is 0 Å². The van der Waals surface area contributed by atoms with Gasteiger partial charge < -0.3 is 15.5 Å². The summed E-state index contributed by atoms with van der Waals surface area (Å²) in [5.41, 5.74) is 5.83. The summed E-state index contributed by atoms with van der Waals surface area (Å²) < 4.78 is 0. The zero-order valence-electron chi connectivity index (χ0n) is 11.9. The molecule has 2 unspecified atom stereocenters. The van der Waals surface area contributed by atoms with Crippen molar-refractivity contribution in [3.8, 4) is 0 Å². The maximum absolute atomic E-state index is 12.1. The van der Waals surface area contributed by atoms with E-state index in [0.29, 0.717) is 5.92 Å². The highest BCUT2D eigenvalue weighted by molar-refractivity contribution is 5.82. The molecular formula is C13H27N3O. The van der Waals surface area contributed by atoms with Crippen molar-refractivity contribution in [2.24, 2.45) is 17.1 Å². The van der Waals surface area contributed by atoms with E-state index in [1.807, 2.05) is 27.8 Å². The Bertz CT molecular complexity index is 272. The highest BCUT2D eigenvalue weighted by Crippen LogP contribution is 2.20. The Balaban J connectivity index is 2.47. The monoisotopic (exact) mass is 241 g/mol. The number of carbonyl (C=O) groups excluding carboxylic acids is 1. The van der Waals surface area contributed by atoms with Gasteiger partial charge in [-0.1, -0.05) is 20.8 Å². The summed E-state index contributed by atoms with van der Waals surface area (Å²) in [6.45, 7) is 9.07. The van der Waals surface area contributed by atoms with Gasteiger partial charge in [0.25, 0.3) is 0 Å². The fourth-order valence-corrected chi connectivity index (χ4v) is 2.26. The summed E-state index contributed by atoms with van der Waals surface area (Å²) in [5, 5.41) is 0. The number of likely N-dealkylation sites (N-methyl/N-ethyl adjacent to an activating group) is 1. The number of hydrogen-bond acceptors (Lipinski definition) is 3. The molecule has 0 radical (unpaired) electrons. The van der Waals surface area contributed by atoms with Crippen molar-refractivity contribution in [2.75, 3.05) is 33.7 Å². The average molecular weight is 241 g/mol. The van der Waals surface area contributed by atoms with Crippen LogP contribution < -0.4 is 5.73 Å². The Morgan fingerprint density at radius 2 is 2.12 bits per heavy atom. The first kappa shape index (κ1) is 14.5. The molecular weight excluding hydrogens is 214 g/mol. The lowest BCUT2D eigenvalue weighted by Crippen LogP contribution is -2.50. The number of nitrogens with zero attached hydrogens (tertiary/aromatic N) is 2. The van der Waals surface area contributed by atoms with Gasteiger partial charge in [-0.05, 0) is 31.3 Å². The number of amides is 1. The van der Waals surface area contributed by atoms with Gasteiger partial charge in [-0.25, -0.2) is 0 Å². The summed E-state index contributed by atoms with van der Waals surface area (Å²) in [4.78, 5) is 16.3. The van der Waals surface area contributed by atoms with Crippen LogP contribution in [0.1, 0.15) is 27.2 Å². The lowest BCUT2D eigenvalue weighted by atomic mass is 9.86. The second-order valence-corrected chi connectivity index (χ2v) is 6.48. The zero-order valence-corrected chi connectivity index (χ0v) is 11.9. The minimum absolute atomic E-state index is 0.0621. The molecule has 0 saturated carbocycles. The molecule has 0 aromatic heterocycles. The molecule has 100 valence electrons. The molecule has 0 aliphatic carbocycles. The van der Waals surface area contributed by atoms with E-state index in [9.17, 15) is 4.79 Å². The summed E-state index contributed by atoms with van der Waals surface area (Å²) >= 11 is 0. The first-order valence-corrected chi connectivity index (χ1v) is 6.41. The summed E-state index contributed by atoms with van der Waals surface area (Å²) in [6, 6.07) is -0.411. The molecule has 1 fully saturated rings. The van der Waals surface area contributed by atoms with Gasteiger partial charge in [-0.3, -0.25) is 4.79 Å². The second-order valence-electron chi connectivity index (χ2n) is 6.48. The molecule has 1 heterocycles. The van der Waals surface area contributed by atoms with Crippen LogP contribution in [0.25, 0.3) is 0 Å². The van der Waals surface area contributed by atoms with Gasteiger partial charge in [0.05, 0.1) is 6.04 Å². The molecule has 0 aromatic rings. The van der Waals surface area contributed by atoms with Gasteiger partial charge in [-0.2, -0.15) is 0 Å². The summed E-state index contributed by atoms with van der Waals surface area (Å²) in [6.07, 6.45) is 1.18. The smallest absolute Gasteiger partial charge is 0.239 e. The van der Waals surface area contributed by atoms with Gasteiger partial charge in [0.15, 0.2) is 0 Å². The van der Waals surface area contributed by atoms with E-state index in [-0.39, 0.29) is 11.3 Å². The lowest BCUT2D eigenvalue weighted by Gasteiger charge is -2.31. The van der Waals surface area contributed by atoms with Crippen molar-refractivity contribution < 1.29 is 4.79 Å². The molecule has 2 N–H and O–H groups in total. The molecule has 1 aliphatic heterocycles. The van der Waals surface area contributed by atoms with Gasteiger partial charge in [-0.15, -0.1) is 0 Å². The SMILES string of the molecule is CN1CCC(CN(C)C(=O)C(N)C(C)(C)C)C1. The molecule has 0 bridgehead atoms. The highest BCUT2D eigenvalue weighted by atomic mass is 16.2. The first-order chi connectivity index (χ1) is 7.71. The van der Waals surface area contributed by atoms with Crippen LogP contribution in [-0.2, 0) is 4.79 Å². The molecule has 0 spiro atoms. The van der Waals surface area contributed by atoms with E-state index in [1.54, 1.807) is 4.90 Å². The van der Waals surface area contributed by atoms with E-state index in [0.717, 1.165) is 19.6 Å². The molecule has 2 atom stereocenters. The third-order valence-electron chi connectivity index (χ3n) is 3.60. The second kappa shape index (κ2) is 5.36. The zero-order chi connectivity index (χ0) is 13.2. The average Bonchev–Trinajstić information content (AvgIpc) is 2.60. The maximum atomic E-state index is 12.1. The Morgan fingerprint density at radius 3 is 2.53 bits per heavy atom. The van der Waals surface area contributed by atoms with Crippen LogP contribution in [0.4, 0.5) is 0 Å². The summed E-state index contributed by atoms with van der Waals surface area (Å²) in [5.74, 6) is 0.660. The third-order valence-corrected chi connectivity index (χ3v) is 3.60. The first-order valence-electron chi connectivity index (χ1n) is 6.41. The van der Waals surface area contributed by atoms with E-state index < -0.39 is 6.04 Å². The molecule has 17 heavy (non-hydrogen) atoms. The van der Waals surface area contributed by atoms with E-state index in [4.69, 9.17) is 5.73 Å². The predicted molar refractivity (Wildman–Crippen MR) is 70.7 cm³/mol. The molecule has 4 nitrogen and oxygen atoms in total. The van der Waals surface area contributed by atoms with E-state index in [1.165, 1.54) is 6.42 Å². The maximum Gasteiger partial charge on any atom is 0.239 e. The van der Waals surface area contributed by atoms with Crippen molar-refractivity contribution in [1.29, 1.82) is 0 Å². The van der Waals surface area contributed by atoms with Gasteiger partial charge in [0, 0.05) is 20.1 Å². The highest BCUT2D eigenvalue weighted by Gasteiger charge is 2.31. The lowest BCUT2D eigenvalue weighted by molar-refractivity contribution is -0.134. The number of likely N-dealkylation sites (tertiary alicyclic amines) is 1. The minimum atomic E-state index is -0.411. The van der Waals surface area contributed by atoms with Gasteiger partial charge in [0.2, 0.25) is 5.91 Å². The Labute approximate surface area is 105 Å². The number of carbonyl (C=O) groups is 1. The van der Waals surface area contributed by atoms with Crippen molar-refractivity contribution in [3.63, 3.8) is 0 Å². The molecule has 1 aliphatic rings. The van der Waals surface area contributed by atoms with Crippen molar-refractivity contribution in [3.05, 3.63) is 0 Å². The predicted octanol–water partition coefficient (Wildman–Crippen LogP) is 0.770. The Hall–Kier alpha value is -0.610.